The quantitative estimate of drug-likeness (QED) is 0.443. The molecular formula is C21H24F3NO7S. The number of sulfone groups is 1. The van der Waals surface area contributed by atoms with E-state index >= 15 is 0 Å². The highest BCUT2D eigenvalue weighted by Gasteiger charge is 2.48. The maximum Gasteiger partial charge on any atom is 0.417 e. The Morgan fingerprint density at radius 3 is 2.39 bits per heavy atom. The van der Waals surface area contributed by atoms with Crippen LogP contribution in [0.4, 0.5) is 13.2 Å². The molecule has 2 aliphatic rings. The van der Waals surface area contributed by atoms with Gasteiger partial charge in [0.15, 0.2) is 9.84 Å². The summed E-state index contributed by atoms with van der Waals surface area (Å²) in [4.78, 5) is 37.6. The van der Waals surface area contributed by atoms with Gasteiger partial charge in [0, 0.05) is 25.7 Å². The molecule has 2 atom stereocenters. The van der Waals surface area contributed by atoms with Crippen molar-refractivity contribution in [1.29, 1.82) is 0 Å². The molecule has 0 bridgehead atoms. The third-order valence-electron chi connectivity index (χ3n) is 6.00. The topological polar surface area (TPSA) is 107 Å². The van der Waals surface area contributed by atoms with E-state index < -0.39 is 69.0 Å². The van der Waals surface area contributed by atoms with Crippen LogP contribution in [0.3, 0.4) is 0 Å². The van der Waals surface area contributed by atoms with Crippen LogP contribution in [0.1, 0.15) is 31.2 Å². The van der Waals surface area contributed by atoms with E-state index in [0.717, 1.165) is 24.1 Å². The number of likely N-dealkylation sites (tertiary alicyclic amines) is 1. The van der Waals surface area contributed by atoms with Gasteiger partial charge in [0.25, 0.3) is 0 Å². The SMILES string of the molecule is COC(=O)C1CC(S(=O)(=O)c2ccccc2C(F)(F)F)CN1C(=O)CC(=O)C1CCOCC1. The second-order valence-corrected chi connectivity index (χ2v) is 10.2. The van der Waals surface area contributed by atoms with Crippen molar-refractivity contribution in [2.75, 3.05) is 26.9 Å². The fourth-order valence-electron chi connectivity index (χ4n) is 4.20. The average molecular weight is 491 g/mol. The van der Waals surface area contributed by atoms with Crippen LogP contribution < -0.4 is 0 Å². The van der Waals surface area contributed by atoms with Gasteiger partial charge < -0.3 is 14.4 Å². The summed E-state index contributed by atoms with van der Waals surface area (Å²) in [6.45, 7) is 0.254. The number of rotatable bonds is 6. The molecule has 2 fully saturated rings. The normalized spacial score (nSPS) is 22.2. The molecule has 0 radical (unpaired) electrons. The second-order valence-electron chi connectivity index (χ2n) is 8.01. The lowest BCUT2D eigenvalue weighted by molar-refractivity contribution is -0.152. The van der Waals surface area contributed by atoms with Gasteiger partial charge in [-0.05, 0) is 31.4 Å². The molecule has 182 valence electrons. The molecule has 0 aromatic heterocycles. The van der Waals surface area contributed by atoms with E-state index in [9.17, 15) is 36.0 Å². The van der Waals surface area contributed by atoms with Crippen molar-refractivity contribution < 1.29 is 45.4 Å². The molecule has 3 rings (SSSR count). The minimum Gasteiger partial charge on any atom is -0.467 e. The van der Waals surface area contributed by atoms with Crippen LogP contribution in [0.2, 0.25) is 0 Å². The third-order valence-corrected chi connectivity index (χ3v) is 8.18. The predicted molar refractivity (Wildman–Crippen MR) is 108 cm³/mol. The van der Waals surface area contributed by atoms with Crippen molar-refractivity contribution in [1.82, 2.24) is 4.90 Å². The highest BCUT2D eigenvalue weighted by molar-refractivity contribution is 7.92. The minimum absolute atomic E-state index is 0.347. The summed E-state index contributed by atoms with van der Waals surface area (Å²) in [5, 5.41) is -1.47. The van der Waals surface area contributed by atoms with Crippen LogP contribution in [-0.4, -0.2) is 69.1 Å². The number of hydrogen-bond donors (Lipinski definition) is 0. The molecule has 33 heavy (non-hydrogen) atoms. The Labute approximate surface area is 188 Å². The van der Waals surface area contributed by atoms with Crippen LogP contribution in [0.25, 0.3) is 0 Å². The first-order valence-electron chi connectivity index (χ1n) is 10.3. The van der Waals surface area contributed by atoms with Gasteiger partial charge in [0.1, 0.15) is 11.8 Å². The number of amides is 1. The van der Waals surface area contributed by atoms with E-state index in [1.54, 1.807) is 0 Å². The number of ketones is 1. The van der Waals surface area contributed by atoms with E-state index in [-0.39, 0.29) is 11.7 Å². The summed E-state index contributed by atoms with van der Waals surface area (Å²) in [5.41, 5.74) is -1.32. The van der Waals surface area contributed by atoms with Gasteiger partial charge in [-0.3, -0.25) is 9.59 Å². The molecule has 2 saturated heterocycles. The monoisotopic (exact) mass is 491 g/mol. The highest BCUT2D eigenvalue weighted by atomic mass is 32.2. The first kappa shape index (κ1) is 25.2. The maximum absolute atomic E-state index is 13.4. The Bertz CT molecular complexity index is 1020. The number of nitrogens with zero attached hydrogens (tertiary/aromatic N) is 1. The molecule has 1 aromatic carbocycles. The maximum atomic E-state index is 13.4. The van der Waals surface area contributed by atoms with Gasteiger partial charge in [-0.15, -0.1) is 0 Å². The summed E-state index contributed by atoms with van der Waals surface area (Å²) in [6, 6.07) is 2.44. The number of alkyl halides is 3. The Hall–Kier alpha value is -2.47. The zero-order valence-electron chi connectivity index (χ0n) is 17.8. The predicted octanol–water partition coefficient (Wildman–Crippen LogP) is 2.01. The summed E-state index contributed by atoms with van der Waals surface area (Å²) in [7, 11) is -3.51. The largest absolute Gasteiger partial charge is 0.467 e. The van der Waals surface area contributed by atoms with Gasteiger partial charge in [-0.1, -0.05) is 12.1 Å². The van der Waals surface area contributed by atoms with Crippen molar-refractivity contribution in [2.45, 2.75) is 48.0 Å². The molecule has 0 saturated carbocycles. The molecule has 12 heteroatoms. The van der Waals surface area contributed by atoms with Crippen molar-refractivity contribution in [2.24, 2.45) is 5.92 Å². The summed E-state index contributed by atoms with van der Waals surface area (Å²) in [6.07, 6.45) is -4.96. The van der Waals surface area contributed by atoms with E-state index in [1.807, 2.05) is 0 Å². The smallest absolute Gasteiger partial charge is 0.417 e. The Kier molecular flexibility index (Phi) is 7.47. The number of ether oxygens (including phenoxy) is 2. The molecular weight excluding hydrogens is 467 g/mol. The van der Waals surface area contributed by atoms with E-state index in [1.165, 1.54) is 6.07 Å². The number of methoxy groups -OCH3 is 1. The Morgan fingerprint density at radius 1 is 1.15 bits per heavy atom. The minimum atomic E-state index is -4.91. The van der Waals surface area contributed by atoms with Crippen molar-refractivity contribution in [3.63, 3.8) is 0 Å². The number of benzene rings is 1. The number of carbonyl (C=O) groups excluding carboxylic acids is 3. The van der Waals surface area contributed by atoms with Gasteiger partial charge >= 0.3 is 12.1 Å². The number of halogens is 3. The average Bonchev–Trinajstić information content (AvgIpc) is 3.25. The number of esters is 1. The van der Waals surface area contributed by atoms with Gasteiger partial charge in [0.05, 0.1) is 29.2 Å². The molecule has 0 N–H and O–H groups in total. The van der Waals surface area contributed by atoms with Crippen molar-refractivity contribution in [3.05, 3.63) is 29.8 Å². The fourth-order valence-corrected chi connectivity index (χ4v) is 6.11. The lowest BCUT2D eigenvalue weighted by Crippen LogP contribution is -2.42. The first-order chi connectivity index (χ1) is 15.5. The van der Waals surface area contributed by atoms with Crippen LogP contribution in [0.15, 0.2) is 29.2 Å². The highest BCUT2D eigenvalue weighted by Crippen LogP contribution is 2.37. The van der Waals surface area contributed by atoms with Crippen LogP contribution in [0.5, 0.6) is 0 Å². The van der Waals surface area contributed by atoms with Crippen LogP contribution in [-0.2, 0) is 39.9 Å². The molecule has 1 amide bonds. The lowest BCUT2D eigenvalue weighted by Gasteiger charge is -2.24. The summed E-state index contributed by atoms with van der Waals surface area (Å²) in [5.74, 6) is -2.38. The molecule has 0 spiro atoms. The van der Waals surface area contributed by atoms with Gasteiger partial charge in [-0.2, -0.15) is 13.2 Å². The molecule has 2 heterocycles. The Balaban J connectivity index is 1.85. The molecule has 8 nitrogen and oxygen atoms in total. The summed E-state index contributed by atoms with van der Waals surface area (Å²) < 4.78 is 76.3. The molecule has 2 aliphatic heterocycles. The first-order valence-corrected chi connectivity index (χ1v) is 11.9. The lowest BCUT2D eigenvalue weighted by atomic mass is 9.93. The van der Waals surface area contributed by atoms with Crippen molar-refractivity contribution >= 4 is 27.5 Å². The van der Waals surface area contributed by atoms with Crippen LogP contribution >= 0.6 is 0 Å². The van der Waals surface area contributed by atoms with Crippen molar-refractivity contribution in [3.8, 4) is 0 Å². The molecule has 0 aliphatic carbocycles. The zero-order chi connectivity index (χ0) is 24.4. The van der Waals surface area contributed by atoms with E-state index in [0.29, 0.717) is 32.1 Å². The number of carbonyl (C=O) groups is 3. The standard InChI is InChI=1S/C21H24F3NO7S/c1-31-20(28)16-10-14(33(29,30)18-5-3-2-4-15(18)21(22,23)24)12-25(16)19(27)11-17(26)13-6-8-32-9-7-13/h2-5,13-14,16H,6-12H2,1H3. The van der Waals surface area contributed by atoms with Gasteiger partial charge in [-0.25, -0.2) is 13.2 Å². The fraction of sp³-hybridized carbons (Fsp3) is 0.571. The summed E-state index contributed by atoms with van der Waals surface area (Å²) >= 11 is 0. The zero-order valence-corrected chi connectivity index (χ0v) is 18.7. The van der Waals surface area contributed by atoms with Crippen LogP contribution in [0, 0.1) is 5.92 Å². The third kappa shape index (κ3) is 5.37. The van der Waals surface area contributed by atoms with Gasteiger partial charge in [0.2, 0.25) is 5.91 Å². The number of hydrogen-bond acceptors (Lipinski definition) is 7. The second kappa shape index (κ2) is 9.80. The van der Waals surface area contributed by atoms with E-state index in [4.69, 9.17) is 4.74 Å². The molecule has 1 aromatic rings. The number of Topliss-reactive ketones (excluding diaryl/α,β-unsaturated/α-hetero) is 1. The Morgan fingerprint density at radius 2 is 1.79 bits per heavy atom. The van der Waals surface area contributed by atoms with E-state index in [2.05, 4.69) is 4.74 Å². The molecule has 2 unspecified atom stereocenters.